The molecule has 0 saturated heterocycles. The molecule has 3 N–H and O–H groups in total. The second-order valence-corrected chi connectivity index (χ2v) is 7.07. The number of nitrogens with one attached hydrogen (secondary N) is 2. The molecule has 0 fully saturated rings. The Morgan fingerprint density at radius 3 is 2.61 bits per heavy atom. The van der Waals surface area contributed by atoms with E-state index in [9.17, 15) is 32.7 Å². The topological polar surface area (TPSA) is 118 Å². The Hall–Kier alpha value is -3.86. The van der Waals surface area contributed by atoms with Gasteiger partial charge < -0.3 is 24.9 Å². The minimum Gasteiger partial charge on any atom is -0.484 e. The zero-order valence-corrected chi connectivity index (χ0v) is 17.2. The van der Waals surface area contributed by atoms with E-state index in [1.54, 1.807) is 19.1 Å². The molecule has 2 amide bonds. The van der Waals surface area contributed by atoms with Crippen molar-refractivity contribution in [2.24, 2.45) is 0 Å². The maximum absolute atomic E-state index is 12.8. The Kier molecular flexibility index (Phi) is 7.02. The lowest BCUT2D eigenvalue weighted by molar-refractivity contribution is -0.137. The number of hydrogen-bond acceptors (Lipinski definition) is 6. The van der Waals surface area contributed by atoms with Crippen LogP contribution in [0, 0.1) is 6.92 Å². The predicted octanol–water partition coefficient (Wildman–Crippen LogP) is 2.61. The van der Waals surface area contributed by atoms with Crippen molar-refractivity contribution in [1.29, 1.82) is 0 Å². The standard InChI is InChI=1S/C22H19F3N2O6/c1-12-7-20(30)33-18-9-15(5-6-16(12)18)32-11-19(29)27-17(10-28)21(31)26-14-4-2-3-13(8-14)22(23,24)25/h2-9,17,28H,10-11H2,1H3,(H,26,31)(H,27,29)/t17-/m0/s1. The van der Waals surface area contributed by atoms with Crippen molar-refractivity contribution in [1.82, 2.24) is 5.32 Å². The smallest absolute Gasteiger partial charge is 0.416 e. The average molecular weight is 464 g/mol. The second kappa shape index (κ2) is 9.74. The first kappa shape index (κ1) is 23.8. The van der Waals surface area contributed by atoms with E-state index in [-0.39, 0.29) is 17.0 Å². The number of hydrogen-bond donors (Lipinski definition) is 3. The van der Waals surface area contributed by atoms with Gasteiger partial charge in [-0.25, -0.2) is 4.79 Å². The minimum atomic E-state index is -4.59. The van der Waals surface area contributed by atoms with Gasteiger partial charge in [-0.1, -0.05) is 6.07 Å². The summed E-state index contributed by atoms with van der Waals surface area (Å²) in [5, 5.41) is 14.6. The predicted molar refractivity (Wildman–Crippen MR) is 112 cm³/mol. The molecule has 0 aliphatic carbocycles. The fourth-order valence-corrected chi connectivity index (χ4v) is 2.98. The van der Waals surface area contributed by atoms with Gasteiger partial charge in [-0.05, 0) is 42.8 Å². The van der Waals surface area contributed by atoms with Crippen molar-refractivity contribution in [2.45, 2.75) is 19.1 Å². The van der Waals surface area contributed by atoms with Crippen molar-refractivity contribution in [3.63, 3.8) is 0 Å². The maximum Gasteiger partial charge on any atom is 0.416 e. The Morgan fingerprint density at radius 1 is 1.15 bits per heavy atom. The molecular formula is C22H19F3N2O6. The number of anilines is 1. The molecule has 0 radical (unpaired) electrons. The van der Waals surface area contributed by atoms with Crippen LogP contribution in [0.25, 0.3) is 11.0 Å². The van der Waals surface area contributed by atoms with Gasteiger partial charge in [0.05, 0.1) is 12.2 Å². The number of aryl methyl sites for hydroxylation is 1. The summed E-state index contributed by atoms with van der Waals surface area (Å²) in [6.45, 7) is 0.415. The summed E-state index contributed by atoms with van der Waals surface area (Å²) >= 11 is 0. The molecule has 0 saturated carbocycles. The molecule has 174 valence electrons. The lowest BCUT2D eigenvalue weighted by Gasteiger charge is -2.17. The molecule has 1 heterocycles. The van der Waals surface area contributed by atoms with E-state index in [1.807, 2.05) is 0 Å². The lowest BCUT2D eigenvalue weighted by atomic mass is 10.1. The molecular weight excluding hydrogens is 445 g/mol. The lowest BCUT2D eigenvalue weighted by Crippen LogP contribution is -2.47. The molecule has 0 bridgehead atoms. The number of fused-ring (bicyclic) bond motifs is 1. The zero-order chi connectivity index (χ0) is 24.2. The fraction of sp³-hybridized carbons (Fsp3) is 0.227. The highest BCUT2D eigenvalue weighted by molar-refractivity contribution is 5.97. The molecule has 1 aromatic heterocycles. The zero-order valence-electron chi connectivity index (χ0n) is 17.2. The molecule has 0 unspecified atom stereocenters. The monoisotopic (exact) mass is 464 g/mol. The summed E-state index contributed by atoms with van der Waals surface area (Å²) in [6.07, 6.45) is -4.59. The number of benzene rings is 2. The Bertz CT molecular complexity index is 1240. The highest BCUT2D eigenvalue weighted by Gasteiger charge is 2.30. The van der Waals surface area contributed by atoms with Crippen LogP contribution in [-0.2, 0) is 15.8 Å². The summed E-state index contributed by atoms with van der Waals surface area (Å²) < 4.78 is 48.9. The van der Waals surface area contributed by atoms with Gasteiger partial charge in [0.15, 0.2) is 6.61 Å². The number of alkyl halides is 3. The SMILES string of the molecule is Cc1cc(=O)oc2cc(OCC(=O)N[C@@H](CO)C(=O)Nc3cccc(C(F)(F)F)c3)ccc12. The Labute approximate surface area is 185 Å². The Morgan fingerprint density at radius 2 is 1.91 bits per heavy atom. The third-order valence-electron chi connectivity index (χ3n) is 4.58. The molecule has 11 heteroatoms. The summed E-state index contributed by atoms with van der Waals surface area (Å²) in [5.74, 6) is -1.45. The van der Waals surface area contributed by atoms with Crippen molar-refractivity contribution in [3.8, 4) is 5.75 Å². The molecule has 3 aromatic rings. The number of aliphatic hydroxyl groups is 1. The fourth-order valence-electron chi connectivity index (χ4n) is 2.98. The third kappa shape index (κ3) is 6.10. The quantitative estimate of drug-likeness (QED) is 0.463. The van der Waals surface area contributed by atoms with Crippen molar-refractivity contribution in [3.05, 3.63) is 70.1 Å². The van der Waals surface area contributed by atoms with E-state index >= 15 is 0 Å². The van der Waals surface area contributed by atoms with Gasteiger partial charge in [-0.2, -0.15) is 13.2 Å². The van der Waals surface area contributed by atoms with E-state index < -0.39 is 48.4 Å². The summed E-state index contributed by atoms with van der Waals surface area (Å²) in [5.41, 5.74) is -0.659. The van der Waals surface area contributed by atoms with E-state index in [0.29, 0.717) is 10.9 Å². The molecule has 3 rings (SSSR count). The largest absolute Gasteiger partial charge is 0.484 e. The Balaban J connectivity index is 1.60. The van der Waals surface area contributed by atoms with Crippen LogP contribution in [0.1, 0.15) is 11.1 Å². The molecule has 1 atom stereocenters. The number of ether oxygens (including phenoxy) is 1. The molecule has 0 aliphatic rings. The summed E-state index contributed by atoms with van der Waals surface area (Å²) in [7, 11) is 0. The highest BCUT2D eigenvalue weighted by atomic mass is 19.4. The van der Waals surface area contributed by atoms with Crippen LogP contribution in [-0.4, -0.2) is 36.2 Å². The van der Waals surface area contributed by atoms with Gasteiger partial charge >= 0.3 is 11.8 Å². The van der Waals surface area contributed by atoms with Crippen LogP contribution < -0.4 is 21.0 Å². The number of halogens is 3. The van der Waals surface area contributed by atoms with E-state index in [1.165, 1.54) is 18.2 Å². The first-order valence-corrected chi connectivity index (χ1v) is 9.62. The van der Waals surface area contributed by atoms with E-state index in [4.69, 9.17) is 9.15 Å². The van der Waals surface area contributed by atoms with Crippen LogP contribution in [0.2, 0.25) is 0 Å². The van der Waals surface area contributed by atoms with Crippen LogP contribution >= 0.6 is 0 Å². The van der Waals surface area contributed by atoms with E-state index in [2.05, 4.69) is 10.6 Å². The first-order valence-electron chi connectivity index (χ1n) is 9.62. The van der Waals surface area contributed by atoms with Crippen LogP contribution in [0.3, 0.4) is 0 Å². The summed E-state index contributed by atoms with van der Waals surface area (Å²) in [6, 6.07) is 8.50. The number of aliphatic hydroxyl groups excluding tert-OH is 1. The van der Waals surface area contributed by atoms with Gasteiger partial charge in [-0.15, -0.1) is 0 Å². The number of carbonyl (C=O) groups excluding carboxylic acids is 2. The van der Waals surface area contributed by atoms with Crippen LogP contribution in [0.5, 0.6) is 5.75 Å². The first-order chi connectivity index (χ1) is 15.6. The van der Waals surface area contributed by atoms with E-state index in [0.717, 1.165) is 18.2 Å². The molecule has 8 nitrogen and oxygen atoms in total. The van der Waals surface area contributed by atoms with Gasteiger partial charge in [0.2, 0.25) is 5.91 Å². The number of rotatable bonds is 7. The van der Waals surface area contributed by atoms with Crippen LogP contribution in [0.4, 0.5) is 18.9 Å². The number of carbonyl (C=O) groups is 2. The summed E-state index contributed by atoms with van der Waals surface area (Å²) in [4.78, 5) is 35.9. The van der Waals surface area contributed by atoms with Gasteiger partial charge in [0.25, 0.3) is 5.91 Å². The van der Waals surface area contributed by atoms with Crippen LogP contribution in [0.15, 0.2) is 57.7 Å². The van der Waals surface area contributed by atoms with Crippen molar-refractivity contribution in [2.75, 3.05) is 18.5 Å². The molecule has 33 heavy (non-hydrogen) atoms. The minimum absolute atomic E-state index is 0.147. The molecule has 0 spiro atoms. The van der Waals surface area contributed by atoms with Crippen molar-refractivity contribution >= 4 is 28.5 Å². The normalized spacial score (nSPS) is 12.3. The maximum atomic E-state index is 12.8. The third-order valence-corrected chi connectivity index (χ3v) is 4.58. The average Bonchev–Trinajstić information content (AvgIpc) is 2.75. The van der Waals surface area contributed by atoms with Gasteiger partial charge in [0, 0.05) is 23.2 Å². The van der Waals surface area contributed by atoms with Gasteiger partial charge in [0.1, 0.15) is 17.4 Å². The molecule has 0 aliphatic heterocycles. The van der Waals surface area contributed by atoms with Crippen molar-refractivity contribution < 1.29 is 37.0 Å². The van der Waals surface area contributed by atoms with Gasteiger partial charge in [-0.3, -0.25) is 9.59 Å². The second-order valence-electron chi connectivity index (χ2n) is 7.07. The number of amides is 2. The highest BCUT2D eigenvalue weighted by Crippen LogP contribution is 2.30. The molecule has 2 aromatic carbocycles.